The molecule has 3 nitrogen and oxygen atoms in total. The number of carboxylic acids is 1. The molecule has 0 amide bonds. The van der Waals surface area contributed by atoms with E-state index < -0.39 is 5.97 Å². The van der Waals surface area contributed by atoms with Crippen molar-refractivity contribution in [2.45, 2.75) is 13.3 Å². The summed E-state index contributed by atoms with van der Waals surface area (Å²) in [7, 11) is 0. The normalized spacial score (nSPS) is 8.72. The van der Waals surface area contributed by atoms with Gasteiger partial charge in [0.2, 0.25) is 0 Å². The summed E-state index contributed by atoms with van der Waals surface area (Å²) in [6.45, 7) is 5.53. The van der Waals surface area contributed by atoms with Crippen molar-refractivity contribution in [2.24, 2.45) is 0 Å². The van der Waals surface area contributed by atoms with Crippen molar-refractivity contribution in [2.75, 3.05) is 0 Å². The van der Waals surface area contributed by atoms with Crippen LogP contribution in [0.3, 0.4) is 0 Å². The number of aromatic carboxylic acids is 1. The van der Waals surface area contributed by atoms with E-state index >= 15 is 0 Å². The van der Waals surface area contributed by atoms with Crippen molar-refractivity contribution >= 4 is 5.97 Å². The van der Waals surface area contributed by atoms with Crippen molar-refractivity contribution in [1.82, 2.24) is 0 Å². The predicted molar refractivity (Wildman–Crippen MR) is 72.5 cm³/mol. The molecule has 0 aliphatic heterocycles. The third kappa shape index (κ3) is 6.91. The minimum absolute atomic E-state index is 0.0671. The van der Waals surface area contributed by atoms with Gasteiger partial charge in [-0.2, -0.15) is 0 Å². The van der Waals surface area contributed by atoms with Crippen LogP contribution < -0.4 is 0 Å². The Kier molecular flexibility index (Phi) is 8.40. The Hall–Kier alpha value is -2.47. The maximum absolute atomic E-state index is 10.3. The van der Waals surface area contributed by atoms with Gasteiger partial charge >= 0.3 is 5.97 Å². The monoisotopic (exact) mass is 244 g/mol. The van der Waals surface area contributed by atoms with Gasteiger partial charge in [0.05, 0.1) is 0 Å². The summed E-state index contributed by atoms with van der Waals surface area (Å²) in [4.78, 5) is 10.3. The van der Waals surface area contributed by atoms with Crippen LogP contribution in [-0.4, -0.2) is 16.2 Å². The zero-order valence-electron chi connectivity index (χ0n) is 10.3. The lowest BCUT2D eigenvalue weighted by atomic mass is 10.2. The van der Waals surface area contributed by atoms with Gasteiger partial charge in [-0.05, 0) is 30.7 Å². The summed E-state index contributed by atoms with van der Waals surface area (Å²) in [5.74, 6) is 4.19. The van der Waals surface area contributed by atoms with Crippen molar-refractivity contribution < 1.29 is 15.0 Å². The van der Waals surface area contributed by atoms with Gasteiger partial charge in [0.1, 0.15) is 11.3 Å². The molecule has 18 heavy (non-hydrogen) atoms. The van der Waals surface area contributed by atoms with Gasteiger partial charge in [-0.1, -0.05) is 43.6 Å². The van der Waals surface area contributed by atoms with E-state index in [4.69, 9.17) is 10.2 Å². The van der Waals surface area contributed by atoms with Crippen LogP contribution in [-0.2, 0) is 0 Å². The zero-order valence-corrected chi connectivity index (χ0v) is 10.3. The van der Waals surface area contributed by atoms with Crippen LogP contribution in [0.4, 0.5) is 0 Å². The van der Waals surface area contributed by atoms with Gasteiger partial charge in [-0.15, -0.1) is 0 Å². The molecule has 1 rings (SSSR count). The van der Waals surface area contributed by atoms with Crippen LogP contribution >= 0.6 is 0 Å². The number of para-hydroxylation sites is 1. The van der Waals surface area contributed by atoms with E-state index in [-0.39, 0.29) is 11.3 Å². The first-order chi connectivity index (χ1) is 8.63. The number of aromatic hydroxyl groups is 1. The summed E-state index contributed by atoms with van der Waals surface area (Å²) < 4.78 is 0. The molecule has 0 radical (unpaired) electrons. The van der Waals surface area contributed by atoms with Gasteiger partial charge in [0.25, 0.3) is 0 Å². The average molecular weight is 244 g/mol. The van der Waals surface area contributed by atoms with Crippen LogP contribution in [0.25, 0.3) is 0 Å². The Labute approximate surface area is 107 Å². The Morgan fingerprint density at radius 3 is 2.50 bits per heavy atom. The summed E-state index contributed by atoms with van der Waals surface area (Å²) in [5, 5.41) is 17.3. The molecule has 0 saturated carbocycles. The highest BCUT2D eigenvalue weighted by molar-refractivity contribution is 5.90. The maximum atomic E-state index is 10.3. The van der Waals surface area contributed by atoms with Crippen LogP contribution in [0.15, 0.2) is 49.1 Å². The van der Waals surface area contributed by atoms with Crippen LogP contribution in [0.2, 0.25) is 0 Å². The smallest absolute Gasteiger partial charge is 0.339 e. The fraction of sp³-hybridized carbons (Fsp3) is 0.133. The topological polar surface area (TPSA) is 57.5 Å². The lowest BCUT2D eigenvalue weighted by Crippen LogP contribution is -1.95. The lowest BCUT2D eigenvalue weighted by Gasteiger charge is -1.95. The molecule has 0 bridgehead atoms. The molecule has 0 fully saturated rings. The van der Waals surface area contributed by atoms with Crippen molar-refractivity contribution in [3.8, 4) is 17.6 Å². The predicted octanol–water partition coefficient (Wildman–Crippen LogP) is 3.23. The number of allylic oxidation sites excluding steroid dienone is 3. The first kappa shape index (κ1) is 15.5. The van der Waals surface area contributed by atoms with E-state index in [1.54, 1.807) is 18.2 Å². The molecule has 0 aliphatic carbocycles. The van der Waals surface area contributed by atoms with Gasteiger partial charge in [0, 0.05) is 0 Å². The van der Waals surface area contributed by atoms with E-state index in [0.717, 1.165) is 6.42 Å². The fourth-order valence-electron chi connectivity index (χ4n) is 0.938. The SMILES string of the molecule is C=CC#C/C=C\CC.O=C(O)c1ccccc1O. The van der Waals surface area contributed by atoms with Crippen molar-refractivity contribution in [3.63, 3.8) is 0 Å². The highest BCUT2D eigenvalue weighted by Crippen LogP contribution is 2.14. The summed E-state index contributed by atoms with van der Waals surface area (Å²) in [5.41, 5.74) is -0.0671. The highest BCUT2D eigenvalue weighted by Gasteiger charge is 2.05. The molecule has 0 heterocycles. The number of carboxylic acid groups (broad SMARTS) is 1. The quantitative estimate of drug-likeness (QED) is 0.785. The zero-order chi connectivity index (χ0) is 13.8. The van der Waals surface area contributed by atoms with E-state index in [1.807, 2.05) is 12.2 Å². The molecule has 0 saturated heterocycles. The molecule has 0 aromatic heterocycles. The number of hydrogen-bond donors (Lipinski definition) is 2. The van der Waals surface area contributed by atoms with Crippen LogP contribution in [0.1, 0.15) is 23.7 Å². The molecule has 1 aromatic carbocycles. The van der Waals surface area contributed by atoms with Crippen LogP contribution in [0, 0.1) is 11.8 Å². The van der Waals surface area contributed by atoms with E-state index in [1.165, 1.54) is 12.1 Å². The number of benzene rings is 1. The second-order valence-corrected chi connectivity index (χ2v) is 3.13. The Morgan fingerprint density at radius 2 is 2.06 bits per heavy atom. The molecular formula is C15H16O3. The molecule has 94 valence electrons. The third-order valence-electron chi connectivity index (χ3n) is 1.76. The molecule has 1 aromatic rings. The second kappa shape index (κ2) is 9.73. The minimum atomic E-state index is -1.11. The van der Waals surface area contributed by atoms with Crippen LogP contribution in [0.5, 0.6) is 5.75 Å². The first-order valence-electron chi connectivity index (χ1n) is 5.41. The summed E-state index contributed by atoms with van der Waals surface area (Å²) in [6, 6.07) is 5.81. The molecule has 0 unspecified atom stereocenters. The summed E-state index contributed by atoms with van der Waals surface area (Å²) in [6.07, 6.45) is 6.48. The lowest BCUT2D eigenvalue weighted by molar-refractivity contribution is 0.0694. The van der Waals surface area contributed by atoms with E-state index in [2.05, 4.69) is 25.3 Å². The Bertz CT molecular complexity index is 476. The highest BCUT2D eigenvalue weighted by atomic mass is 16.4. The number of phenols is 1. The van der Waals surface area contributed by atoms with Gasteiger partial charge in [-0.3, -0.25) is 0 Å². The Balaban J connectivity index is 0.000000331. The second-order valence-electron chi connectivity index (χ2n) is 3.13. The molecular weight excluding hydrogens is 228 g/mol. The third-order valence-corrected chi connectivity index (χ3v) is 1.76. The average Bonchev–Trinajstić information content (AvgIpc) is 2.36. The standard InChI is InChI=1S/C8H10.C7H6O3/c1-3-5-7-8-6-4-2;8-6-4-2-1-3-5(6)7(9)10/h3,6,8H,1,4H2,2H3;1-4,8H,(H,9,10)/b8-6-;. The Morgan fingerprint density at radius 1 is 1.39 bits per heavy atom. The van der Waals surface area contributed by atoms with Gasteiger partial charge in [0.15, 0.2) is 0 Å². The fourth-order valence-corrected chi connectivity index (χ4v) is 0.938. The van der Waals surface area contributed by atoms with E-state index in [0.29, 0.717) is 0 Å². The minimum Gasteiger partial charge on any atom is -0.507 e. The number of hydrogen-bond acceptors (Lipinski definition) is 2. The molecule has 2 N–H and O–H groups in total. The first-order valence-corrected chi connectivity index (χ1v) is 5.41. The molecule has 0 aliphatic rings. The molecule has 0 atom stereocenters. The largest absolute Gasteiger partial charge is 0.507 e. The van der Waals surface area contributed by atoms with Gasteiger partial charge < -0.3 is 10.2 Å². The number of carbonyl (C=O) groups is 1. The van der Waals surface area contributed by atoms with Gasteiger partial charge in [-0.25, -0.2) is 4.79 Å². The van der Waals surface area contributed by atoms with E-state index in [9.17, 15) is 4.79 Å². The molecule has 3 heteroatoms. The number of rotatable bonds is 2. The van der Waals surface area contributed by atoms with Crippen molar-refractivity contribution in [3.05, 3.63) is 54.6 Å². The maximum Gasteiger partial charge on any atom is 0.339 e. The summed E-state index contributed by atoms with van der Waals surface area (Å²) >= 11 is 0. The molecule has 0 spiro atoms. The van der Waals surface area contributed by atoms with Crippen molar-refractivity contribution in [1.29, 1.82) is 0 Å².